The first-order valence-corrected chi connectivity index (χ1v) is 9.45. The molecule has 0 radical (unpaired) electrons. The van der Waals surface area contributed by atoms with Gasteiger partial charge >= 0.3 is 6.09 Å². The number of nitrogens with zero attached hydrogens (tertiary/aromatic N) is 3. The van der Waals surface area contributed by atoms with E-state index >= 15 is 0 Å². The summed E-state index contributed by atoms with van der Waals surface area (Å²) in [4.78, 5) is 20.5. The fraction of sp³-hybridized carbons (Fsp3) is 0.400. The number of fused-ring (bicyclic) bond motifs is 1. The Balaban J connectivity index is 1.43. The second-order valence-corrected chi connectivity index (χ2v) is 6.78. The van der Waals surface area contributed by atoms with Gasteiger partial charge in [-0.3, -0.25) is 0 Å². The van der Waals surface area contributed by atoms with E-state index in [2.05, 4.69) is 26.7 Å². The van der Waals surface area contributed by atoms with Gasteiger partial charge in [0.25, 0.3) is 0 Å². The Kier molecular flexibility index (Phi) is 5.55. The molecule has 4 atom stereocenters. The molecule has 0 unspecified atom stereocenters. The molecule has 9 heteroatoms. The number of rotatable bonds is 5. The standard InChI is InChI=1S/C20H21N5O4/c1-2-22-20(26)29-16-11-28-17-15(10-27-18(16)17)25-19-23-7-6-14(24-19)13-5-3-4-12(8-13)9-21/h3-8,15-18H,2,10-11H2,1H3,(H,22,26)(H,23,24,25)/t15-,16-,17-,18+/m0/s1. The van der Waals surface area contributed by atoms with Crippen LogP contribution in [0.15, 0.2) is 36.5 Å². The summed E-state index contributed by atoms with van der Waals surface area (Å²) in [5.41, 5.74) is 2.11. The molecule has 0 bridgehead atoms. The first-order valence-electron chi connectivity index (χ1n) is 9.45. The van der Waals surface area contributed by atoms with Crippen LogP contribution in [-0.4, -0.2) is 60.2 Å². The highest BCUT2D eigenvalue weighted by Crippen LogP contribution is 2.30. The molecule has 2 aliphatic heterocycles. The van der Waals surface area contributed by atoms with E-state index in [-0.39, 0.29) is 24.9 Å². The maximum atomic E-state index is 11.7. The van der Waals surface area contributed by atoms with Crippen LogP contribution in [0.3, 0.4) is 0 Å². The maximum absolute atomic E-state index is 11.7. The molecular formula is C20H21N5O4. The van der Waals surface area contributed by atoms with Crippen LogP contribution in [-0.2, 0) is 14.2 Å². The summed E-state index contributed by atoms with van der Waals surface area (Å²) in [5.74, 6) is 0.441. The Morgan fingerprint density at radius 2 is 2.17 bits per heavy atom. The van der Waals surface area contributed by atoms with Gasteiger partial charge in [-0.05, 0) is 25.1 Å². The molecule has 2 fully saturated rings. The number of aromatic nitrogens is 2. The second kappa shape index (κ2) is 8.43. The number of hydrogen-bond donors (Lipinski definition) is 2. The van der Waals surface area contributed by atoms with E-state index < -0.39 is 12.2 Å². The van der Waals surface area contributed by atoms with E-state index in [1.807, 2.05) is 19.1 Å². The number of carbonyl (C=O) groups excluding carboxylic acids is 1. The summed E-state index contributed by atoms with van der Waals surface area (Å²) in [5, 5.41) is 15.0. The zero-order chi connectivity index (χ0) is 20.2. The second-order valence-electron chi connectivity index (χ2n) is 6.78. The molecule has 0 spiro atoms. The van der Waals surface area contributed by atoms with Crippen LogP contribution in [0.1, 0.15) is 12.5 Å². The van der Waals surface area contributed by atoms with Crippen molar-refractivity contribution in [2.24, 2.45) is 0 Å². The van der Waals surface area contributed by atoms with E-state index in [4.69, 9.17) is 19.5 Å². The summed E-state index contributed by atoms with van der Waals surface area (Å²) in [6, 6.07) is 11.0. The summed E-state index contributed by atoms with van der Waals surface area (Å²) in [7, 11) is 0. The molecule has 2 aliphatic rings. The van der Waals surface area contributed by atoms with Crippen molar-refractivity contribution >= 4 is 12.0 Å². The summed E-state index contributed by atoms with van der Waals surface area (Å²) < 4.78 is 17.0. The monoisotopic (exact) mass is 395 g/mol. The van der Waals surface area contributed by atoms with Gasteiger partial charge in [-0.2, -0.15) is 5.26 Å². The molecular weight excluding hydrogens is 374 g/mol. The number of carbonyl (C=O) groups is 1. The molecule has 150 valence electrons. The fourth-order valence-corrected chi connectivity index (χ4v) is 3.52. The number of nitrogens with one attached hydrogen (secondary N) is 2. The average Bonchev–Trinajstić information content (AvgIpc) is 3.32. The van der Waals surface area contributed by atoms with Crippen molar-refractivity contribution < 1.29 is 19.0 Å². The number of alkyl carbamates (subject to hydrolysis) is 1. The lowest BCUT2D eigenvalue weighted by Gasteiger charge is -2.18. The molecule has 29 heavy (non-hydrogen) atoms. The highest BCUT2D eigenvalue weighted by atomic mass is 16.6. The number of amides is 1. The normalized spacial score (nSPS) is 25.1. The van der Waals surface area contributed by atoms with Gasteiger partial charge in [-0.1, -0.05) is 12.1 Å². The SMILES string of the molecule is CCNC(=O)O[C@H]1CO[C@@H]2[C@@H]1OC[C@@H]2Nc1nccc(-c2cccc(C#N)c2)n1. The van der Waals surface area contributed by atoms with Gasteiger partial charge in [-0.25, -0.2) is 14.8 Å². The van der Waals surface area contributed by atoms with Gasteiger partial charge in [0.2, 0.25) is 5.95 Å². The minimum atomic E-state index is -0.475. The van der Waals surface area contributed by atoms with Gasteiger partial charge in [-0.15, -0.1) is 0 Å². The van der Waals surface area contributed by atoms with Crippen LogP contribution < -0.4 is 10.6 Å². The van der Waals surface area contributed by atoms with Crippen molar-refractivity contribution in [2.45, 2.75) is 31.3 Å². The van der Waals surface area contributed by atoms with Crippen LogP contribution in [0.25, 0.3) is 11.3 Å². The third-order valence-electron chi connectivity index (χ3n) is 4.85. The number of benzene rings is 1. The maximum Gasteiger partial charge on any atom is 0.407 e. The molecule has 2 N–H and O–H groups in total. The molecule has 2 saturated heterocycles. The summed E-state index contributed by atoms with van der Waals surface area (Å²) in [6.07, 6.45) is 0.152. The molecule has 3 heterocycles. The highest BCUT2D eigenvalue weighted by Gasteiger charge is 2.49. The first kappa shape index (κ1) is 19.1. The predicted molar refractivity (Wildman–Crippen MR) is 103 cm³/mol. The van der Waals surface area contributed by atoms with Crippen LogP contribution in [0.4, 0.5) is 10.7 Å². The van der Waals surface area contributed by atoms with E-state index in [9.17, 15) is 4.79 Å². The minimum Gasteiger partial charge on any atom is -0.441 e. The zero-order valence-corrected chi connectivity index (χ0v) is 15.9. The van der Waals surface area contributed by atoms with Crippen molar-refractivity contribution in [3.63, 3.8) is 0 Å². The molecule has 2 aromatic rings. The van der Waals surface area contributed by atoms with E-state index in [0.717, 1.165) is 5.56 Å². The Bertz CT molecular complexity index is 931. The van der Waals surface area contributed by atoms with Crippen molar-refractivity contribution in [3.05, 3.63) is 42.1 Å². The number of ether oxygens (including phenoxy) is 3. The lowest BCUT2D eigenvalue weighted by atomic mass is 10.1. The van der Waals surface area contributed by atoms with Crippen molar-refractivity contribution in [3.8, 4) is 17.3 Å². The first-order chi connectivity index (χ1) is 14.2. The zero-order valence-electron chi connectivity index (χ0n) is 15.9. The lowest BCUT2D eigenvalue weighted by molar-refractivity contribution is 0.00462. The highest BCUT2D eigenvalue weighted by molar-refractivity contribution is 5.67. The Hall–Kier alpha value is -3.22. The fourth-order valence-electron chi connectivity index (χ4n) is 3.52. The van der Waals surface area contributed by atoms with E-state index in [1.54, 1.807) is 24.4 Å². The molecule has 1 amide bonds. The Morgan fingerprint density at radius 3 is 3.00 bits per heavy atom. The van der Waals surface area contributed by atoms with Crippen molar-refractivity contribution in [2.75, 3.05) is 25.1 Å². The Labute approximate surface area is 168 Å². The quantitative estimate of drug-likeness (QED) is 0.785. The van der Waals surface area contributed by atoms with Crippen LogP contribution in [0.2, 0.25) is 0 Å². The molecule has 0 saturated carbocycles. The average molecular weight is 395 g/mol. The Morgan fingerprint density at radius 1 is 1.31 bits per heavy atom. The van der Waals surface area contributed by atoms with Gasteiger partial charge in [0, 0.05) is 18.3 Å². The van der Waals surface area contributed by atoms with Crippen molar-refractivity contribution in [1.82, 2.24) is 15.3 Å². The number of nitriles is 1. The van der Waals surface area contributed by atoms with E-state index in [0.29, 0.717) is 30.4 Å². The molecule has 1 aromatic heterocycles. The van der Waals surface area contributed by atoms with Gasteiger partial charge < -0.3 is 24.8 Å². The largest absolute Gasteiger partial charge is 0.441 e. The van der Waals surface area contributed by atoms with Crippen LogP contribution in [0, 0.1) is 11.3 Å². The topological polar surface area (TPSA) is 118 Å². The van der Waals surface area contributed by atoms with Crippen LogP contribution in [0.5, 0.6) is 0 Å². The minimum absolute atomic E-state index is 0.163. The molecule has 0 aliphatic carbocycles. The van der Waals surface area contributed by atoms with E-state index in [1.165, 1.54) is 0 Å². The van der Waals surface area contributed by atoms with Crippen LogP contribution >= 0.6 is 0 Å². The lowest BCUT2D eigenvalue weighted by Crippen LogP contribution is -2.39. The summed E-state index contributed by atoms with van der Waals surface area (Å²) in [6.45, 7) is 3.00. The predicted octanol–water partition coefficient (Wildman–Crippen LogP) is 1.71. The number of hydrogen-bond acceptors (Lipinski definition) is 8. The number of anilines is 1. The van der Waals surface area contributed by atoms with Crippen molar-refractivity contribution in [1.29, 1.82) is 5.26 Å². The third-order valence-corrected chi connectivity index (χ3v) is 4.85. The third kappa shape index (κ3) is 4.13. The molecule has 1 aromatic carbocycles. The summed E-state index contributed by atoms with van der Waals surface area (Å²) >= 11 is 0. The smallest absolute Gasteiger partial charge is 0.407 e. The van der Waals surface area contributed by atoms with Gasteiger partial charge in [0.05, 0.1) is 36.6 Å². The molecule has 4 rings (SSSR count). The van der Waals surface area contributed by atoms with Gasteiger partial charge in [0.15, 0.2) is 6.10 Å². The molecule has 9 nitrogen and oxygen atoms in total. The van der Waals surface area contributed by atoms with Gasteiger partial charge in [0.1, 0.15) is 12.2 Å².